The molecule has 0 unspecified atom stereocenters. The molecule has 0 aliphatic carbocycles. The van der Waals surface area contributed by atoms with Gasteiger partial charge in [0.15, 0.2) is 5.78 Å². The highest BCUT2D eigenvalue weighted by atomic mass is 16.5. The van der Waals surface area contributed by atoms with E-state index in [0.29, 0.717) is 17.7 Å². The van der Waals surface area contributed by atoms with E-state index < -0.39 is 0 Å². The molecule has 0 heterocycles. The van der Waals surface area contributed by atoms with Crippen LogP contribution in [0.15, 0.2) is 12.1 Å². The number of benzene rings is 1. The van der Waals surface area contributed by atoms with Gasteiger partial charge in [0.2, 0.25) is 0 Å². The molecule has 0 amide bonds. The van der Waals surface area contributed by atoms with Gasteiger partial charge in [0.25, 0.3) is 0 Å². The number of ether oxygens (including phenoxy) is 2. The van der Waals surface area contributed by atoms with Gasteiger partial charge in [0.05, 0.1) is 19.8 Å². The summed E-state index contributed by atoms with van der Waals surface area (Å²) in [6, 6.07) is 3.64. The van der Waals surface area contributed by atoms with Crippen LogP contribution in [0.4, 0.5) is 0 Å². The molecule has 0 aromatic heterocycles. The average Bonchev–Trinajstić information content (AvgIpc) is 2.35. The molecule has 0 N–H and O–H groups in total. The Morgan fingerprint density at radius 3 is 2.19 bits per heavy atom. The second-order valence-electron chi connectivity index (χ2n) is 3.49. The summed E-state index contributed by atoms with van der Waals surface area (Å²) in [6.07, 6.45) is 1.31. The van der Waals surface area contributed by atoms with Crippen molar-refractivity contribution in [2.24, 2.45) is 0 Å². The van der Waals surface area contributed by atoms with E-state index in [-0.39, 0.29) is 5.78 Å². The predicted molar refractivity (Wildman–Crippen MR) is 63.5 cm³/mol. The van der Waals surface area contributed by atoms with Crippen molar-refractivity contribution in [2.45, 2.75) is 26.7 Å². The Hall–Kier alpha value is -1.51. The molecule has 1 rings (SSSR count). The molecule has 0 saturated heterocycles. The first kappa shape index (κ1) is 12.6. The number of methoxy groups -OCH3 is 2. The molecule has 0 spiro atoms. The zero-order valence-electron chi connectivity index (χ0n) is 10.3. The van der Waals surface area contributed by atoms with Crippen LogP contribution in [0.25, 0.3) is 0 Å². The summed E-state index contributed by atoms with van der Waals surface area (Å²) >= 11 is 0. The summed E-state index contributed by atoms with van der Waals surface area (Å²) in [5, 5.41) is 0. The number of rotatable bonds is 5. The van der Waals surface area contributed by atoms with Crippen LogP contribution in [0.5, 0.6) is 11.5 Å². The Kier molecular flexibility index (Phi) is 4.35. The standard InChI is InChI=1S/C13H18O3/c1-5-9-7-10(11(14)6-2)13(16-4)8-12(9)15-3/h7-8H,5-6H2,1-4H3. The van der Waals surface area contributed by atoms with Gasteiger partial charge in [-0.15, -0.1) is 0 Å². The molecule has 0 fully saturated rings. The quantitative estimate of drug-likeness (QED) is 0.719. The Morgan fingerprint density at radius 1 is 1.12 bits per heavy atom. The van der Waals surface area contributed by atoms with Crippen molar-refractivity contribution in [1.82, 2.24) is 0 Å². The minimum atomic E-state index is 0.0919. The van der Waals surface area contributed by atoms with Crippen LogP contribution in [-0.4, -0.2) is 20.0 Å². The fraction of sp³-hybridized carbons (Fsp3) is 0.462. The van der Waals surface area contributed by atoms with Gasteiger partial charge in [-0.05, 0) is 18.1 Å². The number of carbonyl (C=O) groups is 1. The fourth-order valence-corrected chi connectivity index (χ4v) is 1.65. The number of Topliss-reactive ketones (excluding diaryl/α,β-unsaturated/α-hetero) is 1. The summed E-state index contributed by atoms with van der Waals surface area (Å²) in [4.78, 5) is 11.7. The maximum atomic E-state index is 11.7. The van der Waals surface area contributed by atoms with Crippen molar-refractivity contribution >= 4 is 5.78 Å². The normalized spacial score (nSPS) is 10.0. The summed E-state index contributed by atoms with van der Waals surface area (Å²) in [6.45, 7) is 3.88. The third-order valence-corrected chi connectivity index (χ3v) is 2.60. The van der Waals surface area contributed by atoms with Crippen molar-refractivity contribution in [3.8, 4) is 11.5 Å². The van der Waals surface area contributed by atoms with E-state index in [1.807, 2.05) is 19.9 Å². The lowest BCUT2D eigenvalue weighted by atomic mass is 10.0. The van der Waals surface area contributed by atoms with E-state index in [9.17, 15) is 4.79 Å². The van der Waals surface area contributed by atoms with Crippen molar-refractivity contribution in [1.29, 1.82) is 0 Å². The third kappa shape index (κ3) is 2.35. The zero-order valence-corrected chi connectivity index (χ0v) is 10.3. The number of aryl methyl sites for hydroxylation is 1. The van der Waals surface area contributed by atoms with E-state index in [0.717, 1.165) is 17.7 Å². The number of ketones is 1. The monoisotopic (exact) mass is 222 g/mol. The smallest absolute Gasteiger partial charge is 0.166 e. The maximum absolute atomic E-state index is 11.7. The average molecular weight is 222 g/mol. The largest absolute Gasteiger partial charge is 0.496 e. The van der Waals surface area contributed by atoms with E-state index >= 15 is 0 Å². The van der Waals surface area contributed by atoms with Gasteiger partial charge in [0, 0.05) is 12.5 Å². The predicted octanol–water partition coefficient (Wildman–Crippen LogP) is 2.86. The zero-order chi connectivity index (χ0) is 12.1. The summed E-state index contributed by atoms with van der Waals surface area (Å²) in [5.74, 6) is 1.45. The Balaban J connectivity index is 3.31. The Bertz CT molecular complexity index is 383. The number of carbonyl (C=O) groups excluding carboxylic acids is 1. The molecule has 0 saturated carbocycles. The summed E-state index contributed by atoms with van der Waals surface area (Å²) < 4.78 is 10.5. The fourth-order valence-electron chi connectivity index (χ4n) is 1.65. The SMILES string of the molecule is CCC(=O)c1cc(CC)c(OC)cc1OC. The van der Waals surface area contributed by atoms with Crippen LogP contribution in [0, 0.1) is 0 Å². The number of hydrogen-bond donors (Lipinski definition) is 0. The highest BCUT2D eigenvalue weighted by molar-refractivity contribution is 5.99. The lowest BCUT2D eigenvalue weighted by Gasteiger charge is -2.12. The minimum absolute atomic E-state index is 0.0919. The lowest BCUT2D eigenvalue weighted by Crippen LogP contribution is -2.03. The molecule has 3 heteroatoms. The first-order valence-corrected chi connectivity index (χ1v) is 5.45. The van der Waals surface area contributed by atoms with E-state index in [1.165, 1.54) is 0 Å². The van der Waals surface area contributed by atoms with Gasteiger partial charge in [-0.2, -0.15) is 0 Å². The maximum Gasteiger partial charge on any atom is 0.166 e. The van der Waals surface area contributed by atoms with Crippen molar-refractivity contribution < 1.29 is 14.3 Å². The molecule has 16 heavy (non-hydrogen) atoms. The first-order valence-electron chi connectivity index (χ1n) is 5.45. The molecule has 3 nitrogen and oxygen atoms in total. The van der Waals surface area contributed by atoms with Gasteiger partial charge in [-0.3, -0.25) is 4.79 Å². The van der Waals surface area contributed by atoms with Crippen LogP contribution in [-0.2, 0) is 6.42 Å². The highest BCUT2D eigenvalue weighted by Crippen LogP contribution is 2.30. The van der Waals surface area contributed by atoms with Gasteiger partial charge < -0.3 is 9.47 Å². The molecule has 0 atom stereocenters. The van der Waals surface area contributed by atoms with Gasteiger partial charge >= 0.3 is 0 Å². The first-order chi connectivity index (χ1) is 7.67. The van der Waals surface area contributed by atoms with Crippen LogP contribution in [0.3, 0.4) is 0 Å². The summed E-state index contributed by atoms with van der Waals surface area (Å²) in [5.41, 5.74) is 1.67. The molecule has 0 bridgehead atoms. The van der Waals surface area contributed by atoms with Gasteiger partial charge in [0.1, 0.15) is 11.5 Å². The van der Waals surface area contributed by atoms with Crippen LogP contribution in [0.1, 0.15) is 36.2 Å². The minimum Gasteiger partial charge on any atom is -0.496 e. The van der Waals surface area contributed by atoms with Gasteiger partial charge in [-0.25, -0.2) is 0 Å². The molecule has 88 valence electrons. The second kappa shape index (κ2) is 5.54. The Morgan fingerprint density at radius 2 is 1.75 bits per heavy atom. The molecule has 1 aromatic rings. The van der Waals surface area contributed by atoms with Crippen molar-refractivity contribution in [2.75, 3.05) is 14.2 Å². The second-order valence-corrected chi connectivity index (χ2v) is 3.49. The van der Waals surface area contributed by atoms with Crippen molar-refractivity contribution in [3.05, 3.63) is 23.3 Å². The van der Waals surface area contributed by atoms with E-state index in [1.54, 1.807) is 20.3 Å². The molecule has 1 aromatic carbocycles. The third-order valence-electron chi connectivity index (χ3n) is 2.60. The molecule has 0 aliphatic rings. The molecule has 0 aliphatic heterocycles. The van der Waals surface area contributed by atoms with Crippen LogP contribution >= 0.6 is 0 Å². The van der Waals surface area contributed by atoms with Gasteiger partial charge in [-0.1, -0.05) is 13.8 Å². The Labute approximate surface area is 96.4 Å². The van der Waals surface area contributed by atoms with E-state index in [2.05, 4.69) is 0 Å². The topological polar surface area (TPSA) is 35.5 Å². The lowest BCUT2D eigenvalue weighted by molar-refractivity contribution is 0.0985. The molecule has 0 radical (unpaired) electrons. The highest BCUT2D eigenvalue weighted by Gasteiger charge is 2.14. The molecular weight excluding hydrogens is 204 g/mol. The van der Waals surface area contributed by atoms with Crippen molar-refractivity contribution in [3.63, 3.8) is 0 Å². The molecular formula is C13H18O3. The van der Waals surface area contributed by atoms with Crippen LogP contribution in [0.2, 0.25) is 0 Å². The van der Waals surface area contributed by atoms with E-state index in [4.69, 9.17) is 9.47 Å². The number of hydrogen-bond acceptors (Lipinski definition) is 3. The van der Waals surface area contributed by atoms with Crippen LogP contribution < -0.4 is 9.47 Å². The summed E-state index contributed by atoms with van der Waals surface area (Å²) in [7, 11) is 3.18.